The molecule has 1 unspecified atom stereocenters. The van der Waals surface area contributed by atoms with Gasteiger partial charge in [0, 0.05) is 6.20 Å². The van der Waals surface area contributed by atoms with Crippen LogP contribution in [-0.4, -0.2) is 21.0 Å². The van der Waals surface area contributed by atoms with Crippen molar-refractivity contribution in [2.24, 2.45) is 5.73 Å². The highest BCUT2D eigenvalue weighted by molar-refractivity contribution is 6.30. The van der Waals surface area contributed by atoms with Gasteiger partial charge in [0.25, 0.3) is 0 Å². The molecule has 0 aliphatic heterocycles. The minimum atomic E-state index is -0.697. The van der Waals surface area contributed by atoms with Crippen LogP contribution in [0.1, 0.15) is 23.8 Å². The fraction of sp³-hybridized carbons (Fsp3) is 0.364. The second-order valence-corrected chi connectivity index (χ2v) is 4.17. The van der Waals surface area contributed by atoms with Crippen molar-refractivity contribution in [1.29, 1.82) is 0 Å². The molecule has 2 heterocycles. The first-order valence-corrected chi connectivity index (χ1v) is 5.53. The summed E-state index contributed by atoms with van der Waals surface area (Å²) in [6, 6.07) is 3.87. The Balaban J connectivity index is 2.51. The van der Waals surface area contributed by atoms with Crippen molar-refractivity contribution >= 4 is 17.2 Å². The fourth-order valence-electron chi connectivity index (χ4n) is 1.64. The summed E-state index contributed by atoms with van der Waals surface area (Å²) in [5.74, 6) is 0. The van der Waals surface area contributed by atoms with E-state index in [1.165, 1.54) is 0 Å². The molecule has 0 radical (unpaired) electrons. The lowest BCUT2D eigenvalue weighted by molar-refractivity contribution is 0.166. The Kier molecular flexibility index (Phi) is 3.14. The zero-order valence-corrected chi connectivity index (χ0v) is 9.78. The summed E-state index contributed by atoms with van der Waals surface area (Å²) in [4.78, 5) is 4.32. The summed E-state index contributed by atoms with van der Waals surface area (Å²) in [7, 11) is 0. The van der Waals surface area contributed by atoms with E-state index in [2.05, 4.69) is 4.98 Å². The average Bonchev–Trinajstić information content (AvgIpc) is 2.56. The standard InChI is InChI=1S/C11H14ClN3O/c1-7-3-5-15-9(6-7)14-10(11(15)12)8(16)2-4-13/h3,5-6,8,16H,2,4,13H2,1H3. The second-order valence-electron chi connectivity index (χ2n) is 3.81. The average molecular weight is 240 g/mol. The quantitative estimate of drug-likeness (QED) is 0.857. The van der Waals surface area contributed by atoms with E-state index in [1.807, 2.05) is 25.3 Å². The van der Waals surface area contributed by atoms with Crippen molar-refractivity contribution in [2.45, 2.75) is 19.4 Å². The van der Waals surface area contributed by atoms with E-state index >= 15 is 0 Å². The number of hydrogen-bond donors (Lipinski definition) is 2. The molecule has 3 N–H and O–H groups in total. The largest absolute Gasteiger partial charge is 0.387 e. The van der Waals surface area contributed by atoms with Gasteiger partial charge < -0.3 is 10.8 Å². The first-order valence-electron chi connectivity index (χ1n) is 5.15. The van der Waals surface area contributed by atoms with E-state index in [0.29, 0.717) is 23.8 Å². The van der Waals surface area contributed by atoms with Crippen molar-refractivity contribution in [1.82, 2.24) is 9.38 Å². The number of rotatable bonds is 3. The summed E-state index contributed by atoms with van der Waals surface area (Å²) in [5.41, 5.74) is 7.75. The van der Waals surface area contributed by atoms with Crippen molar-refractivity contribution in [3.05, 3.63) is 34.7 Å². The minimum absolute atomic E-state index is 0.407. The normalized spacial score (nSPS) is 13.2. The molecule has 0 aromatic carbocycles. The Morgan fingerprint density at radius 1 is 1.62 bits per heavy atom. The zero-order chi connectivity index (χ0) is 11.7. The van der Waals surface area contributed by atoms with Crippen molar-refractivity contribution in [2.75, 3.05) is 6.54 Å². The molecule has 2 rings (SSSR count). The summed E-state index contributed by atoms with van der Waals surface area (Å²) in [6.07, 6.45) is 1.61. The van der Waals surface area contributed by atoms with Gasteiger partial charge in [-0.15, -0.1) is 0 Å². The number of hydrogen-bond acceptors (Lipinski definition) is 3. The molecule has 0 fully saturated rings. The summed E-state index contributed by atoms with van der Waals surface area (Å²) in [6.45, 7) is 2.39. The zero-order valence-electron chi connectivity index (χ0n) is 9.02. The third-order valence-electron chi connectivity index (χ3n) is 2.50. The Morgan fingerprint density at radius 2 is 2.38 bits per heavy atom. The lowest BCUT2D eigenvalue weighted by atomic mass is 10.2. The van der Waals surface area contributed by atoms with E-state index in [0.717, 1.165) is 11.2 Å². The number of aryl methyl sites for hydroxylation is 1. The van der Waals surface area contributed by atoms with Crippen LogP contribution in [0.5, 0.6) is 0 Å². The van der Waals surface area contributed by atoms with E-state index < -0.39 is 6.10 Å². The molecule has 0 spiro atoms. The molecular weight excluding hydrogens is 226 g/mol. The van der Waals surface area contributed by atoms with Crippen LogP contribution in [0.2, 0.25) is 5.15 Å². The smallest absolute Gasteiger partial charge is 0.139 e. The molecule has 0 saturated carbocycles. The number of nitrogens with two attached hydrogens (primary N) is 1. The Morgan fingerprint density at radius 3 is 3.06 bits per heavy atom. The number of pyridine rings is 1. The van der Waals surface area contributed by atoms with Crippen LogP contribution >= 0.6 is 11.6 Å². The Hall–Kier alpha value is -1.10. The van der Waals surface area contributed by atoms with Crippen molar-refractivity contribution in [3.63, 3.8) is 0 Å². The topological polar surface area (TPSA) is 63.5 Å². The molecule has 86 valence electrons. The summed E-state index contributed by atoms with van der Waals surface area (Å²) >= 11 is 6.14. The predicted octanol–water partition coefficient (Wildman–Crippen LogP) is 1.68. The summed E-state index contributed by atoms with van der Waals surface area (Å²) in [5, 5.41) is 10.3. The van der Waals surface area contributed by atoms with Gasteiger partial charge in [0.15, 0.2) is 0 Å². The second kappa shape index (κ2) is 4.41. The first kappa shape index (κ1) is 11.4. The van der Waals surface area contributed by atoms with E-state index in [4.69, 9.17) is 17.3 Å². The Labute approximate surface area is 98.7 Å². The molecule has 0 amide bonds. The SMILES string of the molecule is Cc1ccn2c(Cl)c(C(O)CCN)nc2c1. The van der Waals surface area contributed by atoms with Gasteiger partial charge in [-0.05, 0) is 37.6 Å². The van der Waals surface area contributed by atoms with Crippen LogP contribution in [0.15, 0.2) is 18.3 Å². The van der Waals surface area contributed by atoms with Crippen LogP contribution in [0.3, 0.4) is 0 Å². The monoisotopic (exact) mass is 239 g/mol. The molecule has 2 aromatic heterocycles. The third-order valence-corrected chi connectivity index (χ3v) is 2.88. The van der Waals surface area contributed by atoms with E-state index in [9.17, 15) is 5.11 Å². The van der Waals surface area contributed by atoms with Crippen LogP contribution in [0.4, 0.5) is 0 Å². The number of aromatic nitrogens is 2. The first-order chi connectivity index (χ1) is 7.63. The van der Waals surface area contributed by atoms with Gasteiger partial charge in [0.05, 0.1) is 0 Å². The predicted molar refractivity (Wildman–Crippen MR) is 63.6 cm³/mol. The van der Waals surface area contributed by atoms with E-state index in [1.54, 1.807) is 4.40 Å². The number of nitrogens with zero attached hydrogens (tertiary/aromatic N) is 2. The highest BCUT2D eigenvalue weighted by atomic mass is 35.5. The number of aliphatic hydroxyl groups excluding tert-OH is 1. The maximum Gasteiger partial charge on any atom is 0.139 e. The molecular formula is C11H14ClN3O. The number of imidazole rings is 1. The number of fused-ring (bicyclic) bond motifs is 1. The van der Waals surface area contributed by atoms with Gasteiger partial charge in [-0.1, -0.05) is 11.6 Å². The molecule has 1 atom stereocenters. The van der Waals surface area contributed by atoms with Crippen LogP contribution in [0, 0.1) is 6.92 Å². The molecule has 2 aromatic rings. The van der Waals surface area contributed by atoms with Gasteiger partial charge in [-0.2, -0.15) is 0 Å². The van der Waals surface area contributed by atoms with Gasteiger partial charge in [0.2, 0.25) is 0 Å². The molecule has 0 aliphatic rings. The van der Waals surface area contributed by atoms with Crippen LogP contribution in [-0.2, 0) is 0 Å². The molecule has 0 bridgehead atoms. The molecule has 4 nitrogen and oxygen atoms in total. The maximum atomic E-state index is 9.83. The van der Waals surface area contributed by atoms with Gasteiger partial charge in [0.1, 0.15) is 22.6 Å². The summed E-state index contributed by atoms with van der Waals surface area (Å²) < 4.78 is 1.75. The highest BCUT2D eigenvalue weighted by Crippen LogP contribution is 2.25. The lowest BCUT2D eigenvalue weighted by Gasteiger charge is -2.05. The number of halogens is 1. The van der Waals surface area contributed by atoms with Crippen LogP contribution in [0.25, 0.3) is 5.65 Å². The molecule has 16 heavy (non-hydrogen) atoms. The third kappa shape index (κ3) is 1.91. The minimum Gasteiger partial charge on any atom is -0.387 e. The van der Waals surface area contributed by atoms with Crippen LogP contribution < -0.4 is 5.73 Å². The molecule has 5 heteroatoms. The Bertz CT molecular complexity index is 509. The highest BCUT2D eigenvalue weighted by Gasteiger charge is 2.17. The van der Waals surface area contributed by atoms with Gasteiger partial charge in [-0.25, -0.2) is 4.98 Å². The van der Waals surface area contributed by atoms with Crippen molar-refractivity contribution < 1.29 is 5.11 Å². The molecule has 0 aliphatic carbocycles. The molecule has 0 saturated heterocycles. The number of aliphatic hydroxyl groups is 1. The van der Waals surface area contributed by atoms with Gasteiger partial charge >= 0.3 is 0 Å². The van der Waals surface area contributed by atoms with Gasteiger partial charge in [-0.3, -0.25) is 4.40 Å². The lowest BCUT2D eigenvalue weighted by Crippen LogP contribution is -2.07. The fourth-order valence-corrected chi connectivity index (χ4v) is 1.95. The van der Waals surface area contributed by atoms with E-state index in [-0.39, 0.29) is 0 Å². The van der Waals surface area contributed by atoms with Crippen molar-refractivity contribution in [3.8, 4) is 0 Å². The maximum absolute atomic E-state index is 9.83.